The summed E-state index contributed by atoms with van der Waals surface area (Å²) in [6.45, 7) is 4.80. The number of carboxylic acid groups (broad SMARTS) is 1. The molecule has 188 valence electrons. The summed E-state index contributed by atoms with van der Waals surface area (Å²) in [5, 5.41) is 9.99. The van der Waals surface area contributed by atoms with Crippen molar-refractivity contribution in [3.8, 4) is 0 Å². The van der Waals surface area contributed by atoms with Gasteiger partial charge in [0.15, 0.2) is 10.5 Å². The first kappa shape index (κ1) is 29.3. The number of carbonyl (C=O) groups is 5. The van der Waals surface area contributed by atoms with Crippen molar-refractivity contribution in [2.24, 2.45) is 11.7 Å². The summed E-state index contributed by atoms with van der Waals surface area (Å²) < 4.78 is 2.56. The third kappa shape index (κ3) is 7.95. The number of carbonyl (C=O) groups excluding carboxylic acids is 4. The second-order valence-corrected chi connectivity index (χ2v) is 9.40. The Labute approximate surface area is 205 Å². The molecule has 1 rings (SSSR count). The number of hydrogen-bond donors (Lipinski definition) is 3. The number of amides is 2. The lowest BCUT2D eigenvalue weighted by atomic mass is 9.92. The maximum absolute atomic E-state index is 13.7. The Morgan fingerprint density at radius 3 is 2.21 bits per heavy atom. The molecule has 0 fully saturated rings. The number of rotatable bonds is 13. The molecule has 10 heteroatoms. The molecule has 0 saturated carbocycles. The summed E-state index contributed by atoms with van der Waals surface area (Å²) in [5.74, 6) is -4.59. The lowest BCUT2D eigenvalue weighted by molar-refractivity contribution is -0.160. The van der Waals surface area contributed by atoms with Crippen molar-refractivity contribution in [2.75, 3.05) is 7.11 Å². The second kappa shape index (κ2) is 13.2. The minimum absolute atomic E-state index is 0.00178. The van der Waals surface area contributed by atoms with E-state index in [4.69, 9.17) is 5.73 Å². The van der Waals surface area contributed by atoms with Crippen molar-refractivity contribution in [1.82, 2.24) is 4.90 Å². The topological polar surface area (TPSA) is 144 Å². The number of Topliss-reactive ketones (excluding diaryl/α,β-unsaturated/α-hetero) is 1. The van der Waals surface area contributed by atoms with E-state index in [-0.39, 0.29) is 38.0 Å². The Bertz CT molecular complexity index is 891. The molecule has 0 aliphatic heterocycles. The molecule has 0 bridgehead atoms. The molecular weight excluding hydrogens is 460 g/mol. The SMILES string of the molecule is COC(=O)CCCC(S)(C(C)=O)C(=O)N(C(=O)C(N)CC(C)C)C(Cc1ccccc1)C(=O)O. The van der Waals surface area contributed by atoms with Crippen molar-refractivity contribution in [1.29, 1.82) is 0 Å². The fraction of sp³-hybridized carbons (Fsp3) is 0.542. The Balaban J connectivity index is 3.46. The van der Waals surface area contributed by atoms with Crippen LogP contribution in [0, 0.1) is 5.92 Å². The number of hydrogen-bond acceptors (Lipinski definition) is 8. The standard InChI is InChI=1S/C24H34N2O7S/c1-15(2)13-18(25)21(29)26(19(22(30)31)14-17-9-6-5-7-10-17)23(32)24(34,16(3)27)12-8-11-20(28)33-4/h5-7,9-10,15,18-19,34H,8,11-14,25H2,1-4H3,(H,30,31). The van der Waals surface area contributed by atoms with Crippen LogP contribution in [0.3, 0.4) is 0 Å². The molecule has 0 radical (unpaired) electrons. The quantitative estimate of drug-likeness (QED) is 0.215. The summed E-state index contributed by atoms with van der Waals surface area (Å²) in [5.41, 5.74) is 6.64. The van der Waals surface area contributed by atoms with E-state index >= 15 is 0 Å². The monoisotopic (exact) mass is 494 g/mol. The molecule has 0 aliphatic rings. The highest BCUT2D eigenvalue weighted by Crippen LogP contribution is 2.29. The van der Waals surface area contributed by atoms with Crippen LogP contribution >= 0.6 is 12.6 Å². The van der Waals surface area contributed by atoms with E-state index in [2.05, 4.69) is 17.4 Å². The third-order valence-electron chi connectivity index (χ3n) is 5.45. The first-order chi connectivity index (χ1) is 15.8. The highest BCUT2D eigenvalue weighted by atomic mass is 32.1. The van der Waals surface area contributed by atoms with Crippen molar-refractivity contribution in [3.05, 3.63) is 35.9 Å². The van der Waals surface area contributed by atoms with Gasteiger partial charge in [0.05, 0.1) is 13.2 Å². The van der Waals surface area contributed by atoms with Crippen molar-refractivity contribution in [3.63, 3.8) is 0 Å². The third-order valence-corrected chi connectivity index (χ3v) is 6.18. The molecule has 34 heavy (non-hydrogen) atoms. The summed E-state index contributed by atoms with van der Waals surface area (Å²) >= 11 is 4.32. The van der Waals surface area contributed by atoms with Gasteiger partial charge in [-0.1, -0.05) is 44.2 Å². The Kier molecular flexibility index (Phi) is 11.4. The fourth-order valence-corrected chi connectivity index (χ4v) is 3.80. The molecule has 2 amide bonds. The van der Waals surface area contributed by atoms with E-state index in [0.29, 0.717) is 10.5 Å². The summed E-state index contributed by atoms with van der Waals surface area (Å²) in [6, 6.07) is 5.75. The molecule has 1 aromatic rings. The molecular formula is C24H34N2O7S. The Morgan fingerprint density at radius 1 is 1.15 bits per heavy atom. The smallest absolute Gasteiger partial charge is 0.327 e. The van der Waals surface area contributed by atoms with Gasteiger partial charge in [-0.15, -0.1) is 0 Å². The van der Waals surface area contributed by atoms with Gasteiger partial charge in [0.1, 0.15) is 6.04 Å². The van der Waals surface area contributed by atoms with Crippen LogP contribution in [0.1, 0.15) is 52.0 Å². The van der Waals surface area contributed by atoms with Crippen molar-refractivity contribution >= 4 is 42.2 Å². The van der Waals surface area contributed by atoms with Gasteiger partial charge in [0.2, 0.25) is 5.91 Å². The molecule has 0 aromatic heterocycles. The molecule has 3 atom stereocenters. The minimum atomic E-state index is -2.02. The first-order valence-corrected chi connectivity index (χ1v) is 11.5. The highest BCUT2D eigenvalue weighted by molar-refractivity contribution is 7.83. The Morgan fingerprint density at radius 2 is 1.74 bits per heavy atom. The number of methoxy groups -OCH3 is 1. The first-order valence-electron chi connectivity index (χ1n) is 11.0. The van der Waals surface area contributed by atoms with Crippen LogP contribution in [0.5, 0.6) is 0 Å². The molecule has 1 aromatic carbocycles. The molecule has 0 heterocycles. The zero-order valence-electron chi connectivity index (χ0n) is 20.0. The lowest BCUT2D eigenvalue weighted by Gasteiger charge is -2.36. The van der Waals surface area contributed by atoms with Gasteiger partial charge in [-0.2, -0.15) is 12.6 Å². The number of imide groups is 1. The normalized spacial score (nSPS) is 14.6. The van der Waals surface area contributed by atoms with Crippen LogP contribution in [0.25, 0.3) is 0 Å². The van der Waals surface area contributed by atoms with Gasteiger partial charge in [-0.3, -0.25) is 24.1 Å². The fourth-order valence-electron chi connectivity index (χ4n) is 3.53. The Hall–Kier alpha value is -2.72. The minimum Gasteiger partial charge on any atom is -0.480 e. The van der Waals surface area contributed by atoms with Gasteiger partial charge < -0.3 is 15.6 Å². The highest BCUT2D eigenvalue weighted by Gasteiger charge is 2.48. The lowest BCUT2D eigenvalue weighted by Crippen LogP contribution is -2.61. The maximum atomic E-state index is 13.7. The van der Waals surface area contributed by atoms with E-state index in [0.717, 1.165) is 6.92 Å². The van der Waals surface area contributed by atoms with Gasteiger partial charge in [0.25, 0.3) is 5.91 Å². The molecule has 0 aliphatic carbocycles. The molecule has 3 unspecified atom stereocenters. The van der Waals surface area contributed by atoms with Crippen LogP contribution in [0.15, 0.2) is 30.3 Å². The molecule has 0 saturated heterocycles. The largest absolute Gasteiger partial charge is 0.480 e. The maximum Gasteiger partial charge on any atom is 0.327 e. The van der Waals surface area contributed by atoms with E-state index in [1.54, 1.807) is 30.3 Å². The van der Waals surface area contributed by atoms with Gasteiger partial charge >= 0.3 is 11.9 Å². The summed E-state index contributed by atoms with van der Waals surface area (Å²) in [4.78, 5) is 63.9. The van der Waals surface area contributed by atoms with Gasteiger partial charge in [-0.25, -0.2) is 4.79 Å². The number of esters is 1. The van der Waals surface area contributed by atoms with Gasteiger partial charge in [-0.05, 0) is 37.7 Å². The molecule has 3 N–H and O–H groups in total. The van der Waals surface area contributed by atoms with Crippen LogP contribution in [0.4, 0.5) is 0 Å². The van der Waals surface area contributed by atoms with Gasteiger partial charge in [0, 0.05) is 12.8 Å². The summed E-state index contributed by atoms with van der Waals surface area (Å²) in [7, 11) is 1.21. The van der Waals surface area contributed by atoms with Crippen LogP contribution < -0.4 is 5.73 Å². The molecule has 9 nitrogen and oxygen atoms in total. The molecule has 0 spiro atoms. The van der Waals surface area contributed by atoms with E-state index in [1.165, 1.54) is 7.11 Å². The predicted molar refractivity (Wildman–Crippen MR) is 129 cm³/mol. The summed E-state index contributed by atoms with van der Waals surface area (Å²) in [6.07, 6.45) is -0.168. The number of ether oxygens (including phenoxy) is 1. The van der Waals surface area contributed by atoms with E-state index < -0.39 is 46.4 Å². The zero-order chi connectivity index (χ0) is 26.1. The number of nitrogens with zero attached hydrogens (tertiary/aromatic N) is 1. The van der Waals surface area contributed by atoms with Crippen molar-refractivity contribution in [2.45, 2.75) is 69.7 Å². The van der Waals surface area contributed by atoms with E-state index in [1.807, 2.05) is 13.8 Å². The average molecular weight is 495 g/mol. The average Bonchev–Trinajstić information content (AvgIpc) is 2.77. The number of ketones is 1. The second-order valence-electron chi connectivity index (χ2n) is 8.64. The number of benzene rings is 1. The number of aliphatic carboxylic acids is 1. The van der Waals surface area contributed by atoms with Crippen LogP contribution in [0.2, 0.25) is 0 Å². The van der Waals surface area contributed by atoms with Crippen LogP contribution in [-0.4, -0.2) is 63.5 Å². The number of thiol groups is 1. The van der Waals surface area contributed by atoms with Crippen molar-refractivity contribution < 1.29 is 33.8 Å². The predicted octanol–water partition coefficient (Wildman–Crippen LogP) is 2.01. The number of nitrogens with two attached hydrogens (primary N) is 1. The number of carboxylic acids is 1. The van der Waals surface area contributed by atoms with Crippen LogP contribution in [-0.2, 0) is 35.1 Å². The van der Waals surface area contributed by atoms with E-state index in [9.17, 15) is 29.1 Å². The zero-order valence-corrected chi connectivity index (χ0v) is 20.9.